The molecule has 18 heavy (non-hydrogen) atoms. The van der Waals surface area contributed by atoms with Crippen molar-refractivity contribution >= 4 is 10.9 Å². The van der Waals surface area contributed by atoms with Gasteiger partial charge in [-0.1, -0.05) is 6.07 Å². The third kappa shape index (κ3) is 1.40. The summed E-state index contributed by atoms with van der Waals surface area (Å²) in [6, 6.07) is 6.66. The molecule has 1 aliphatic carbocycles. The molecule has 3 rings (SSSR count). The van der Waals surface area contributed by atoms with E-state index in [1.165, 1.54) is 29.3 Å². The van der Waals surface area contributed by atoms with Crippen LogP contribution < -0.4 is 10.5 Å². The lowest BCUT2D eigenvalue weighted by Gasteiger charge is -2.23. The molecule has 3 heteroatoms. The molecule has 96 valence electrons. The van der Waals surface area contributed by atoms with Gasteiger partial charge in [-0.3, -0.25) is 0 Å². The number of benzene rings is 1. The summed E-state index contributed by atoms with van der Waals surface area (Å²) in [4.78, 5) is 0. The lowest BCUT2D eigenvalue weighted by molar-refractivity contribution is 0.403. The Kier molecular flexibility index (Phi) is 2.42. The van der Waals surface area contributed by atoms with Crippen LogP contribution in [0.2, 0.25) is 0 Å². The Morgan fingerprint density at radius 3 is 2.61 bits per heavy atom. The molecule has 0 bridgehead atoms. The van der Waals surface area contributed by atoms with E-state index in [9.17, 15) is 0 Å². The van der Waals surface area contributed by atoms with Crippen LogP contribution in [0.25, 0.3) is 10.9 Å². The molecule has 1 heterocycles. The second kappa shape index (κ2) is 3.75. The minimum Gasteiger partial charge on any atom is -0.496 e. The van der Waals surface area contributed by atoms with E-state index in [1.54, 1.807) is 7.11 Å². The average Bonchev–Trinajstić information content (AvgIpc) is 3.09. The molecule has 0 aliphatic heterocycles. The number of nitrogens with zero attached hydrogens (tertiary/aromatic N) is 1. The second-order valence-electron chi connectivity index (χ2n) is 5.45. The molecular formula is C15H20N2O. The van der Waals surface area contributed by atoms with Crippen molar-refractivity contribution in [2.24, 2.45) is 12.8 Å². The highest BCUT2D eigenvalue weighted by molar-refractivity contribution is 5.88. The van der Waals surface area contributed by atoms with Crippen molar-refractivity contribution in [1.82, 2.24) is 4.57 Å². The lowest BCUT2D eigenvalue weighted by atomic mass is 9.88. The number of methoxy groups -OCH3 is 1. The van der Waals surface area contributed by atoms with Crippen LogP contribution in [0.4, 0.5) is 0 Å². The molecule has 1 unspecified atom stereocenters. The van der Waals surface area contributed by atoms with Crippen LogP contribution in [0.3, 0.4) is 0 Å². The van der Waals surface area contributed by atoms with E-state index in [1.807, 2.05) is 0 Å². The molecule has 1 aromatic heterocycles. The molecule has 1 atom stereocenters. The molecule has 2 N–H and O–H groups in total. The lowest BCUT2D eigenvalue weighted by Crippen LogP contribution is -2.31. The van der Waals surface area contributed by atoms with Gasteiger partial charge >= 0.3 is 0 Å². The summed E-state index contributed by atoms with van der Waals surface area (Å²) in [5, 5.41) is 1.18. The largest absolute Gasteiger partial charge is 0.496 e. The maximum Gasteiger partial charge on any atom is 0.132 e. The maximum atomic E-state index is 6.18. The number of hydrogen-bond acceptors (Lipinski definition) is 2. The molecule has 1 aromatic carbocycles. The van der Waals surface area contributed by atoms with Gasteiger partial charge in [0.1, 0.15) is 5.75 Å². The third-order valence-corrected chi connectivity index (χ3v) is 4.42. The molecule has 1 aliphatic rings. The van der Waals surface area contributed by atoms with Gasteiger partial charge in [-0.15, -0.1) is 0 Å². The average molecular weight is 244 g/mol. The van der Waals surface area contributed by atoms with Gasteiger partial charge in [-0.05, 0) is 31.9 Å². The molecule has 2 aromatic rings. The monoisotopic (exact) mass is 244 g/mol. The number of rotatable bonds is 3. The number of hydrogen-bond donors (Lipinski definition) is 1. The van der Waals surface area contributed by atoms with Crippen LogP contribution >= 0.6 is 0 Å². The Balaban J connectivity index is 2.24. The predicted molar refractivity (Wildman–Crippen MR) is 74.0 cm³/mol. The van der Waals surface area contributed by atoms with Crippen molar-refractivity contribution in [2.45, 2.75) is 31.2 Å². The molecule has 0 amide bonds. The topological polar surface area (TPSA) is 40.2 Å². The smallest absolute Gasteiger partial charge is 0.132 e. The van der Waals surface area contributed by atoms with Crippen molar-refractivity contribution < 1.29 is 4.74 Å². The zero-order valence-corrected chi connectivity index (χ0v) is 11.2. The Labute approximate surface area is 108 Å². The van der Waals surface area contributed by atoms with Gasteiger partial charge in [0, 0.05) is 35.7 Å². The van der Waals surface area contributed by atoms with Crippen LogP contribution in [-0.2, 0) is 12.5 Å². The van der Waals surface area contributed by atoms with Gasteiger partial charge in [-0.25, -0.2) is 0 Å². The Morgan fingerprint density at radius 1 is 1.33 bits per heavy atom. The van der Waals surface area contributed by atoms with Crippen LogP contribution in [0, 0.1) is 0 Å². The number of ether oxygens (including phenoxy) is 1. The molecule has 0 spiro atoms. The summed E-state index contributed by atoms with van der Waals surface area (Å²) in [6.45, 7) is 2.10. The van der Waals surface area contributed by atoms with E-state index >= 15 is 0 Å². The molecule has 0 saturated heterocycles. The van der Waals surface area contributed by atoms with Crippen molar-refractivity contribution in [2.75, 3.05) is 7.11 Å². The summed E-state index contributed by atoms with van der Waals surface area (Å²) < 4.78 is 7.80. The SMILES string of the molecule is COc1c(C2(C(C)N)CC2)ccc2c1ccn2C. The first-order valence-corrected chi connectivity index (χ1v) is 6.48. The van der Waals surface area contributed by atoms with Crippen LogP contribution in [0.15, 0.2) is 24.4 Å². The van der Waals surface area contributed by atoms with E-state index in [0.717, 1.165) is 5.75 Å². The van der Waals surface area contributed by atoms with Crippen LogP contribution in [0.5, 0.6) is 5.75 Å². The molecule has 1 fully saturated rings. The van der Waals surface area contributed by atoms with Crippen molar-refractivity contribution in [3.63, 3.8) is 0 Å². The highest BCUT2D eigenvalue weighted by atomic mass is 16.5. The van der Waals surface area contributed by atoms with E-state index in [4.69, 9.17) is 10.5 Å². The van der Waals surface area contributed by atoms with Crippen LogP contribution in [-0.4, -0.2) is 17.7 Å². The third-order valence-electron chi connectivity index (χ3n) is 4.42. The van der Waals surface area contributed by atoms with E-state index in [0.29, 0.717) is 0 Å². The normalized spacial score (nSPS) is 18.9. The molecular weight excluding hydrogens is 224 g/mol. The maximum absolute atomic E-state index is 6.18. The highest BCUT2D eigenvalue weighted by Crippen LogP contribution is 2.54. The van der Waals surface area contributed by atoms with Crippen molar-refractivity contribution in [1.29, 1.82) is 0 Å². The number of nitrogens with two attached hydrogens (primary N) is 1. The number of aromatic nitrogens is 1. The van der Waals surface area contributed by atoms with E-state index in [2.05, 4.69) is 42.9 Å². The van der Waals surface area contributed by atoms with Gasteiger partial charge in [0.05, 0.1) is 12.6 Å². The molecule has 3 nitrogen and oxygen atoms in total. The van der Waals surface area contributed by atoms with Crippen molar-refractivity contribution in [3.8, 4) is 5.75 Å². The fourth-order valence-electron chi connectivity index (χ4n) is 3.04. The number of fused-ring (bicyclic) bond motifs is 1. The first-order chi connectivity index (χ1) is 8.60. The Bertz CT molecular complexity index is 594. The summed E-state index contributed by atoms with van der Waals surface area (Å²) >= 11 is 0. The molecule has 1 saturated carbocycles. The van der Waals surface area contributed by atoms with Gasteiger partial charge in [0.25, 0.3) is 0 Å². The van der Waals surface area contributed by atoms with Gasteiger partial charge in [0.15, 0.2) is 0 Å². The summed E-state index contributed by atoms with van der Waals surface area (Å²) in [6.07, 6.45) is 4.40. The summed E-state index contributed by atoms with van der Waals surface area (Å²) in [5.74, 6) is 1.00. The first kappa shape index (κ1) is 11.6. The number of aryl methyl sites for hydroxylation is 1. The zero-order chi connectivity index (χ0) is 12.9. The van der Waals surface area contributed by atoms with Gasteiger partial charge in [-0.2, -0.15) is 0 Å². The first-order valence-electron chi connectivity index (χ1n) is 6.48. The Hall–Kier alpha value is -1.48. The predicted octanol–water partition coefficient (Wildman–Crippen LogP) is 2.57. The van der Waals surface area contributed by atoms with Crippen LogP contribution in [0.1, 0.15) is 25.3 Å². The fourth-order valence-corrected chi connectivity index (χ4v) is 3.04. The molecule has 0 radical (unpaired) electrons. The minimum atomic E-state index is 0.134. The quantitative estimate of drug-likeness (QED) is 0.901. The minimum absolute atomic E-state index is 0.134. The zero-order valence-electron chi connectivity index (χ0n) is 11.2. The Morgan fingerprint density at radius 2 is 2.06 bits per heavy atom. The van der Waals surface area contributed by atoms with E-state index in [-0.39, 0.29) is 11.5 Å². The van der Waals surface area contributed by atoms with Crippen molar-refractivity contribution in [3.05, 3.63) is 30.0 Å². The van der Waals surface area contributed by atoms with Gasteiger partial charge < -0.3 is 15.0 Å². The fraction of sp³-hybridized carbons (Fsp3) is 0.467. The van der Waals surface area contributed by atoms with E-state index < -0.39 is 0 Å². The van der Waals surface area contributed by atoms with Gasteiger partial charge in [0.2, 0.25) is 0 Å². The highest BCUT2D eigenvalue weighted by Gasteiger charge is 2.49. The second-order valence-corrected chi connectivity index (χ2v) is 5.45. The standard InChI is InChI=1S/C15H20N2O/c1-10(16)15(7-8-15)12-4-5-13-11(14(12)18-3)6-9-17(13)2/h4-6,9-10H,7-8,16H2,1-3H3. The summed E-state index contributed by atoms with van der Waals surface area (Å²) in [5.41, 5.74) is 8.79. The summed E-state index contributed by atoms with van der Waals surface area (Å²) in [7, 11) is 3.81.